The standard InChI is InChI=1S/C16H28N2O2/c1-13(2)16(11-17,12-19-4)18(3)10-14-7-6-8-15(9-14)20-5/h6-9,13H,10-12,17H2,1-5H3. The molecule has 0 saturated carbocycles. The third kappa shape index (κ3) is 3.72. The molecule has 0 saturated heterocycles. The SMILES string of the molecule is COCC(CN)(C(C)C)N(C)Cc1cccc(OC)c1. The minimum atomic E-state index is -0.155. The average Bonchev–Trinajstić information content (AvgIpc) is 2.44. The lowest BCUT2D eigenvalue weighted by molar-refractivity contribution is -0.00557. The van der Waals surface area contributed by atoms with Gasteiger partial charge in [0.15, 0.2) is 0 Å². The highest BCUT2D eigenvalue weighted by Gasteiger charge is 2.36. The first-order valence-electron chi connectivity index (χ1n) is 7.03. The Balaban J connectivity index is 2.92. The van der Waals surface area contributed by atoms with Crippen molar-refractivity contribution in [3.05, 3.63) is 29.8 Å². The van der Waals surface area contributed by atoms with Crippen LogP contribution in [0.4, 0.5) is 0 Å². The molecule has 1 aromatic carbocycles. The second-order valence-electron chi connectivity index (χ2n) is 5.60. The molecule has 0 aliphatic carbocycles. The summed E-state index contributed by atoms with van der Waals surface area (Å²) in [6, 6.07) is 8.13. The van der Waals surface area contributed by atoms with Gasteiger partial charge in [-0.2, -0.15) is 0 Å². The minimum absolute atomic E-state index is 0.155. The van der Waals surface area contributed by atoms with Crippen molar-refractivity contribution in [2.24, 2.45) is 11.7 Å². The Labute approximate surface area is 122 Å². The van der Waals surface area contributed by atoms with E-state index in [2.05, 4.69) is 37.9 Å². The molecule has 1 unspecified atom stereocenters. The summed E-state index contributed by atoms with van der Waals surface area (Å²) in [5, 5.41) is 0. The van der Waals surface area contributed by atoms with E-state index < -0.39 is 0 Å². The zero-order chi connectivity index (χ0) is 15.2. The first kappa shape index (κ1) is 17.0. The van der Waals surface area contributed by atoms with Crippen molar-refractivity contribution in [1.29, 1.82) is 0 Å². The van der Waals surface area contributed by atoms with Crippen LogP contribution in [0.3, 0.4) is 0 Å². The third-order valence-electron chi connectivity index (χ3n) is 4.14. The smallest absolute Gasteiger partial charge is 0.119 e. The molecule has 4 nitrogen and oxygen atoms in total. The second kappa shape index (κ2) is 7.62. The molecule has 1 atom stereocenters. The van der Waals surface area contributed by atoms with Crippen molar-refractivity contribution in [3.63, 3.8) is 0 Å². The van der Waals surface area contributed by atoms with Crippen molar-refractivity contribution >= 4 is 0 Å². The highest BCUT2D eigenvalue weighted by atomic mass is 16.5. The lowest BCUT2D eigenvalue weighted by Gasteiger charge is -2.44. The summed E-state index contributed by atoms with van der Waals surface area (Å²) in [4.78, 5) is 2.29. The van der Waals surface area contributed by atoms with Gasteiger partial charge in [-0.3, -0.25) is 4.90 Å². The summed E-state index contributed by atoms with van der Waals surface area (Å²) >= 11 is 0. The number of benzene rings is 1. The van der Waals surface area contributed by atoms with E-state index in [4.69, 9.17) is 15.2 Å². The zero-order valence-corrected chi connectivity index (χ0v) is 13.3. The first-order chi connectivity index (χ1) is 9.50. The van der Waals surface area contributed by atoms with E-state index in [1.54, 1.807) is 14.2 Å². The van der Waals surface area contributed by atoms with Crippen LogP contribution in [0, 0.1) is 5.92 Å². The lowest BCUT2D eigenvalue weighted by atomic mass is 9.85. The molecule has 0 spiro atoms. The van der Waals surface area contributed by atoms with Crippen LogP contribution < -0.4 is 10.5 Å². The molecule has 0 radical (unpaired) electrons. The predicted octanol–water partition coefficient (Wildman–Crippen LogP) is 2.13. The molecule has 20 heavy (non-hydrogen) atoms. The highest BCUT2D eigenvalue weighted by molar-refractivity contribution is 5.28. The van der Waals surface area contributed by atoms with Gasteiger partial charge in [-0.15, -0.1) is 0 Å². The Bertz CT molecular complexity index is 409. The molecule has 0 aromatic heterocycles. The molecule has 0 bridgehead atoms. The van der Waals surface area contributed by atoms with Crippen LogP contribution >= 0.6 is 0 Å². The largest absolute Gasteiger partial charge is 0.497 e. The summed E-state index contributed by atoms with van der Waals surface area (Å²) in [6.07, 6.45) is 0. The average molecular weight is 280 g/mol. The molecule has 1 rings (SSSR count). The summed E-state index contributed by atoms with van der Waals surface area (Å²) in [5.41, 5.74) is 7.11. The van der Waals surface area contributed by atoms with E-state index >= 15 is 0 Å². The monoisotopic (exact) mass is 280 g/mol. The number of hydrogen-bond donors (Lipinski definition) is 1. The van der Waals surface area contributed by atoms with Crippen LogP contribution in [0.5, 0.6) is 5.75 Å². The van der Waals surface area contributed by atoms with E-state index in [1.807, 2.05) is 12.1 Å². The Morgan fingerprint density at radius 3 is 2.50 bits per heavy atom. The van der Waals surface area contributed by atoms with Crippen molar-refractivity contribution < 1.29 is 9.47 Å². The fraction of sp³-hybridized carbons (Fsp3) is 0.625. The van der Waals surface area contributed by atoms with Crippen LogP contribution in [-0.2, 0) is 11.3 Å². The molecular formula is C16H28N2O2. The molecule has 0 aliphatic heterocycles. The van der Waals surface area contributed by atoms with E-state index in [1.165, 1.54) is 5.56 Å². The maximum Gasteiger partial charge on any atom is 0.119 e. The van der Waals surface area contributed by atoms with Gasteiger partial charge in [0, 0.05) is 20.2 Å². The van der Waals surface area contributed by atoms with E-state index in [0.29, 0.717) is 19.1 Å². The Morgan fingerprint density at radius 2 is 2.00 bits per heavy atom. The number of ether oxygens (including phenoxy) is 2. The summed E-state index contributed by atoms with van der Waals surface area (Å²) < 4.78 is 10.7. The summed E-state index contributed by atoms with van der Waals surface area (Å²) in [5.74, 6) is 1.29. The van der Waals surface area contributed by atoms with Crippen LogP contribution in [-0.4, -0.2) is 44.9 Å². The summed E-state index contributed by atoms with van der Waals surface area (Å²) in [6.45, 7) is 6.39. The quantitative estimate of drug-likeness (QED) is 0.792. The van der Waals surface area contributed by atoms with Crippen LogP contribution in [0.1, 0.15) is 19.4 Å². The van der Waals surface area contributed by atoms with Gasteiger partial charge in [-0.1, -0.05) is 26.0 Å². The minimum Gasteiger partial charge on any atom is -0.497 e. The van der Waals surface area contributed by atoms with Crippen LogP contribution in [0.2, 0.25) is 0 Å². The fourth-order valence-electron chi connectivity index (χ4n) is 2.62. The number of hydrogen-bond acceptors (Lipinski definition) is 4. The van der Waals surface area contributed by atoms with Crippen LogP contribution in [0.15, 0.2) is 24.3 Å². The van der Waals surface area contributed by atoms with Crippen molar-refractivity contribution in [3.8, 4) is 5.75 Å². The number of likely N-dealkylation sites (N-methyl/N-ethyl adjacent to an activating group) is 1. The van der Waals surface area contributed by atoms with Gasteiger partial charge in [0.05, 0.1) is 19.3 Å². The number of rotatable bonds is 8. The third-order valence-corrected chi connectivity index (χ3v) is 4.14. The van der Waals surface area contributed by atoms with Crippen molar-refractivity contribution in [2.45, 2.75) is 25.9 Å². The first-order valence-corrected chi connectivity index (χ1v) is 7.03. The Hall–Kier alpha value is -1.10. The van der Waals surface area contributed by atoms with Gasteiger partial charge in [0.25, 0.3) is 0 Å². The molecule has 0 fully saturated rings. The van der Waals surface area contributed by atoms with Gasteiger partial charge in [0.1, 0.15) is 5.75 Å². The Kier molecular flexibility index (Phi) is 6.46. The van der Waals surface area contributed by atoms with Gasteiger partial charge < -0.3 is 15.2 Å². The number of methoxy groups -OCH3 is 2. The topological polar surface area (TPSA) is 47.7 Å². The highest BCUT2D eigenvalue weighted by Crippen LogP contribution is 2.26. The molecule has 114 valence electrons. The molecule has 4 heteroatoms. The Morgan fingerprint density at radius 1 is 1.30 bits per heavy atom. The van der Waals surface area contributed by atoms with E-state index in [-0.39, 0.29) is 5.54 Å². The fourth-order valence-corrected chi connectivity index (χ4v) is 2.62. The predicted molar refractivity (Wildman–Crippen MR) is 83.0 cm³/mol. The van der Waals surface area contributed by atoms with E-state index in [0.717, 1.165) is 12.3 Å². The van der Waals surface area contributed by atoms with Gasteiger partial charge >= 0.3 is 0 Å². The summed E-state index contributed by atoms with van der Waals surface area (Å²) in [7, 11) is 5.52. The molecule has 0 amide bonds. The number of nitrogens with zero attached hydrogens (tertiary/aromatic N) is 1. The van der Waals surface area contributed by atoms with Gasteiger partial charge in [0.2, 0.25) is 0 Å². The molecule has 0 heterocycles. The molecule has 0 aliphatic rings. The maximum absolute atomic E-state index is 6.06. The number of nitrogens with two attached hydrogens (primary N) is 1. The van der Waals surface area contributed by atoms with Crippen molar-refractivity contribution in [1.82, 2.24) is 4.90 Å². The molecular weight excluding hydrogens is 252 g/mol. The lowest BCUT2D eigenvalue weighted by Crippen LogP contribution is -2.58. The second-order valence-corrected chi connectivity index (χ2v) is 5.60. The zero-order valence-electron chi connectivity index (χ0n) is 13.3. The molecule has 2 N–H and O–H groups in total. The van der Waals surface area contributed by atoms with Gasteiger partial charge in [-0.05, 0) is 30.7 Å². The van der Waals surface area contributed by atoms with Crippen LogP contribution in [0.25, 0.3) is 0 Å². The maximum atomic E-state index is 6.06. The molecule has 1 aromatic rings. The normalized spacial score (nSPS) is 14.6. The van der Waals surface area contributed by atoms with E-state index in [9.17, 15) is 0 Å². The van der Waals surface area contributed by atoms with Crippen molar-refractivity contribution in [2.75, 3.05) is 34.4 Å². The van der Waals surface area contributed by atoms with Gasteiger partial charge in [-0.25, -0.2) is 0 Å².